The van der Waals surface area contributed by atoms with Crippen molar-refractivity contribution in [1.29, 1.82) is 0 Å². The molecule has 0 radical (unpaired) electrons. The van der Waals surface area contributed by atoms with Crippen LogP contribution in [0.15, 0.2) is 47.5 Å². The van der Waals surface area contributed by atoms with Crippen molar-refractivity contribution in [3.63, 3.8) is 0 Å². The molecule has 0 aliphatic carbocycles. The molecule has 2 aromatic carbocycles. The number of methoxy groups -OCH3 is 1. The summed E-state index contributed by atoms with van der Waals surface area (Å²) in [7, 11) is -2.16. The molecule has 7 heteroatoms. The van der Waals surface area contributed by atoms with E-state index in [0.717, 1.165) is 10.9 Å². The van der Waals surface area contributed by atoms with Gasteiger partial charge in [0.15, 0.2) is 11.5 Å². The Morgan fingerprint density at radius 2 is 2.04 bits per heavy atom. The molecule has 0 saturated heterocycles. The van der Waals surface area contributed by atoms with Crippen LogP contribution in [-0.4, -0.2) is 32.7 Å². The van der Waals surface area contributed by atoms with Crippen LogP contribution in [0, 0.1) is 6.92 Å². The fourth-order valence-corrected chi connectivity index (χ4v) is 5.23. The van der Waals surface area contributed by atoms with Crippen molar-refractivity contribution >= 4 is 20.9 Å². The van der Waals surface area contributed by atoms with Crippen LogP contribution in [0.2, 0.25) is 0 Å². The second kappa shape index (κ2) is 6.58. The zero-order chi connectivity index (χ0) is 19.2. The summed E-state index contributed by atoms with van der Waals surface area (Å²) in [4.78, 5) is 0.291. The van der Waals surface area contributed by atoms with Crippen LogP contribution < -0.4 is 14.8 Å². The van der Waals surface area contributed by atoms with Crippen LogP contribution in [0.1, 0.15) is 24.1 Å². The van der Waals surface area contributed by atoms with E-state index in [9.17, 15) is 8.42 Å². The number of benzene rings is 2. The predicted molar refractivity (Wildman–Crippen MR) is 104 cm³/mol. The van der Waals surface area contributed by atoms with Gasteiger partial charge in [0, 0.05) is 35.8 Å². The lowest BCUT2D eigenvalue weighted by Gasteiger charge is -2.18. The maximum atomic E-state index is 13.3. The number of nitrogens with zero attached hydrogens (tertiary/aromatic N) is 1. The largest absolute Gasteiger partial charge is 0.493 e. The van der Waals surface area contributed by atoms with E-state index >= 15 is 0 Å². The molecule has 142 valence electrons. The highest BCUT2D eigenvalue weighted by atomic mass is 32.2. The van der Waals surface area contributed by atoms with Gasteiger partial charge in [-0.15, -0.1) is 0 Å². The number of hydrogen-bond donors (Lipinski definition) is 1. The molecule has 0 spiro atoms. The van der Waals surface area contributed by atoms with E-state index < -0.39 is 10.0 Å². The lowest BCUT2D eigenvalue weighted by molar-refractivity contribution is 0.301. The predicted octanol–water partition coefficient (Wildman–Crippen LogP) is 3.24. The molecule has 0 bridgehead atoms. The Kier molecular flexibility index (Phi) is 4.36. The molecule has 0 amide bonds. The average Bonchev–Trinajstić information content (AvgIpc) is 2.99. The molecular formula is C20H22N2O4S. The highest BCUT2D eigenvalue weighted by molar-refractivity contribution is 7.90. The topological polar surface area (TPSA) is 69.6 Å². The van der Waals surface area contributed by atoms with Crippen LogP contribution in [0.5, 0.6) is 11.5 Å². The number of ether oxygens (including phenoxy) is 2. The van der Waals surface area contributed by atoms with Gasteiger partial charge in [0.1, 0.15) is 6.61 Å². The van der Waals surface area contributed by atoms with Crippen LogP contribution in [-0.2, 0) is 10.0 Å². The van der Waals surface area contributed by atoms with Gasteiger partial charge in [0.2, 0.25) is 0 Å². The average molecular weight is 386 g/mol. The summed E-state index contributed by atoms with van der Waals surface area (Å²) >= 11 is 0. The SMILES string of the molecule is COc1cc2c(ccn2S(=O)(=O)c2ccccc2C)c2c1OCCNC2C. The molecule has 4 rings (SSSR count). The molecule has 1 N–H and O–H groups in total. The summed E-state index contributed by atoms with van der Waals surface area (Å²) in [6.07, 6.45) is 1.60. The van der Waals surface area contributed by atoms with E-state index in [1.165, 1.54) is 3.97 Å². The fourth-order valence-electron chi connectivity index (χ4n) is 3.66. The first-order valence-corrected chi connectivity index (χ1v) is 10.3. The molecule has 1 aromatic heterocycles. The van der Waals surface area contributed by atoms with Gasteiger partial charge >= 0.3 is 0 Å². The van der Waals surface area contributed by atoms with Gasteiger partial charge in [-0.3, -0.25) is 0 Å². The van der Waals surface area contributed by atoms with Crippen molar-refractivity contribution < 1.29 is 17.9 Å². The fraction of sp³-hybridized carbons (Fsp3) is 0.300. The van der Waals surface area contributed by atoms with E-state index in [1.807, 2.05) is 19.1 Å². The van der Waals surface area contributed by atoms with E-state index in [2.05, 4.69) is 5.32 Å². The first-order valence-electron chi connectivity index (χ1n) is 8.84. The summed E-state index contributed by atoms with van der Waals surface area (Å²) < 4.78 is 39.4. The molecule has 1 unspecified atom stereocenters. The Balaban J connectivity index is 2.01. The number of aryl methyl sites for hydroxylation is 1. The van der Waals surface area contributed by atoms with Crippen LogP contribution >= 0.6 is 0 Å². The van der Waals surface area contributed by atoms with Crippen LogP contribution in [0.3, 0.4) is 0 Å². The Morgan fingerprint density at radius 1 is 1.26 bits per heavy atom. The van der Waals surface area contributed by atoms with Crippen molar-refractivity contribution in [1.82, 2.24) is 9.29 Å². The summed E-state index contributed by atoms with van der Waals surface area (Å²) in [5.74, 6) is 1.21. The first-order chi connectivity index (χ1) is 12.9. The second-order valence-corrected chi connectivity index (χ2v) is 8.44. The highest BCUT2D eigenvalue weighted by Crippen LogP contribution is 2.43. The molecule has 6 nitrogen and oxygen atoms in total. The third-order valence-corrected chi connectivity index (χ3v) is 6.85. The van der Waals surface area contributed by atoms with Gasteiger partial charge in [-0.1, -0.05) is 18.2 Å². The number of hydrogen-bond acceptors (Lipinski definition) is 5. The van der Waals surface area contributed by atoms with Crippen LogP contribution in [0.4, 0.5) is 0 Å². The van der Waals surface area contributed by atoms with E-state index in [-0.39, 0.29) is 6.04 Å². The Hall–Kier alpha value is -2.51. The Labute approximate surface area is 158 Å². The molecule has 3 aromatic rings. The van der Waals surface area contributed by atoms with E-state index in [4.69, 9.17) is 9.47 Å². The highest BCUT2D eigenvalue weighted by Gasteiger charge is 2.27. The number of rotatable bonds is 3. The van der Waals surface area contributed by atoms with Gasteiger partial charge in [0.25, 0.3) is 10.0 Å². The molecule has 1 aliphatic rings. The van der Waals surface area contributed by atoms with E-state index in [1.54, 1.807) is 44.5 Å². The van der Waals surface area contributed by atoms with Gasteiger partial charge < -0.3 is 14.8 Å². The summed E-state index contributed by atoms with van der Waals surface area (Å²) in [5.41, 5.74) is 2.20. The molecule has 1 atom stereocenters. The minimum absolute atomic E-state index is 0.0112. The van der Waals surface area contributed by atoms with Crippen molar-refractivity contribution in [3.8, 4) is 11.5 Å². The van der Waals surface area contributed by atoms with Crippen molar-refractivity contribution in [2.75, 3.05) is 20.3 Å². The minimum atomic E-state index is -3.73. The Morgan fingerprint density at radius 3 is 2.78 bits per heavy atom. The Bertz CT molecular complexity index is 1120. The first kappa shape index (κ1) is 17.9. The lowest BCUT2D eigenvalue weighted by Crippen LogP contribution is -2.20. The van der Waals surface area contributed by atoms with E-state index in [0.29, 0.717) is 40.6 Å². The summed E-state index contributed by atoms with van der Waals surface area (Å²) in [6, 6.07) is 10.6. The van der Waals surface area contributed by atoms with Crippen molar-refractivity contribution in [2.24, 2.45) is 0 Å². The number of fused-ring (bicyclic) bond motifs is 3. The smallest absolute Gasteiger partial charge is 0.268 e. The normalized spacial score (nSPS) is 17.2. The molecular weight excluding hydrogens is 364 g/mol. The van der Waals surface area contributed by atoms with Gasteiger partial charge in [-0.25, -0.2) is 12.4 Å². The summed E-state index contributed by atoms with van der Waals surface area (Å²) in [6.45, 7) is 5.08. The van der Waals surface area contributed by atoms with Gasteiger partial charge in [-0.05, 0) is 31.5 Å². The minimum Gasteiger partial charge on any atom is -0.493 e. The van der Waals surface area contributed by atoms with Crippen molar-refractivity contribution in [3.05, 3.63) is 53.7 Å². The lowest BCUT2D eigenvalue weighted by atomic mass is 10.0. The number of nitrogens with one attached hydrogen (secondary N) is 1. The molecule has 0 fully saturated rings. The van der Waals surface area contributed by atoms with Gasteiger partial charge in [-0.2, -0.15) is 0 Å². The maximum absolute atomic E-state index is 13.3. The molecule has 2 heterocycles. The van der Waals surface area contributed by atoms with Gasteiger partial charge in [0.05, 0.1) is 17.5 Å². The zero-order valence-electron chi connectivity index (χ0n) is 15.5. The summed E-state index contributed by atoms with van der Waals surface area (Å²) in [5, 5.41) is 4.23. The quantitative estimate of drug-likeness (QED) is 0.748. The second-order valence-electron chi connectivity index (χ2n) is 6.66. The molecule has 27 heavy (non-hydrogen) atoms. The van der Waals surface area contributed by atoms with Crippen LogP contribution in [0.25, 0.3) is 10.9 Å². The third-order valence-electron chi connectivity index (χ3n) is 5.00. The maximum Gasteiger partial charge on any atom is 0.268 e. The van der Waals surface area contributed by atoms with Crippen molar-refractivity contribution in [2.45, 2.75) is 24.8 Å². The standard InChI is InChI=1S/C20H22N2O4S/c1-13-6-4-5-7-18(13)27(23,24)22-10-8-15-16(22)12-17(25-3)20-19(15)14(2)21-9-11-26-20/h4-8,10,12,14,21H,9,11H2,1-3H3. The molecule has 1 aliphatic heterocycles. The zero-order valence-corrected chi connectivity index (χ0v) is 16.3. The molecule has 0 saturated carbocycles. The number of aromatic nitrogens is 1. The third kappa shape index (κ3) is 2.78. The monoisotopic (exact) mass is 386 g/mol.